The number of thiazole rings is 1. The summed E-state index contributed by atoms with van der Waals surface area (Å²) in [6, 6.07) is 20.1. The zero-order valence-corrected chi connectivity index (χ0v) is 18.1. The van der Waals surface area contributed by atoms with E-state index in [9.17, 15) is 22.8 Å². The highest BCUT2D eigenvalue weighted by molar-refractivity contribution is 7.17. The van der Waals surface area contributed by atoms with Gasteiger partial charge in [0.15, 0.2) is 5.78 Å². The largest absolute Gasteiger partial charge is 0.416 e. The number of hydrogen-bond acceptors (Lipinski definition) is 4. The second kappa shape index (κ2) is 8.99. The summed E-state index contributed by atoms with van der Waals surface area (Å²) >= 11 is 1.09. The van der Waals surface area contributed by atoms with Gasteiger partial charge in [0, 0.05) is 22.4 Å². The monoisotopic (exact) mass is 466 g/mol. The van der Waals surface area contributed by atoms with Gasteiger partial charge in [0.25, 0.3) is 5.91 Å². The normalized spacial score (nSPS) is 11.3. The lowest BCUT2D eigenvalue weighted by atomic mass is 10.0. The third kappa shape index (κ3) is 5.01. The number of amides is 1. The van der Waals surface area contributed by atoms with Gasteiger partial charge in [-0.1, -0.05) is 54.6 Å². The van der Waals surface area contributed by atoms with Gasteiger partial charge < -0.3 is 5.32 Å². The van der Waals surface area contributed by atoms with Gasteiger partial charge in [-0.05, 0) is 31.2 Å². The second-order valence-corrected chi connectivity index (χ2v) is 8.24. The summed E-state index contributed by atoms with van der Waals surface area (Å²) in [7, 11) is 0. The molecule has 1 N–H and O–H groups in total. The Morgan fingerprint density at radius 2 is 1.55 bits per heavy atom. The van der Waals surface area contributed by atoms with E-state index in [1.165, 1.54) is 12.1 Å². The number of aryl methyl sites for hydroxylation is 1. The molecular weight excluding hydrogens is 449 g/mol. The van der Waals surface area contributed by atoms with Crippen molar-refractivity contribution in [1.29, 1.82) is 0 Å². The molecule has 8 heteroatoms. The Morgan fingerprint density at radius 3 is 2.21 bits per heavy atom. The number of nitrogens with zero attached hydrogens (tertiary/aromatic N) is 1. The van der Waals surface area contributed by atoms with Crippen LogP contribution >= 0.6 is 11.3 Å². The zero-order valence-electron chi connectivity index (χ0n) is 17.3. The number of rotatable bonds is 5. The summed E-state index contributed by atoms with van der Waals surface area (Å²) in [6.45, 7) is 1.66. The number of anilines is 1. The smallest absolute Gasteiger partial charge is 0.321 e. The Balaban J connectivity index is 1.53. The fourth-order valence-electron chi connectivity index (χ4n) is 3.21. The van der Waals surface area contributed by atoms with Crippen molar-refractivity contribution in [1.82, 2.24) is 4.98 Å². The minimum atomic E-state index is -4.42. The molecule has 0 fully saturated rings. The number of carbonyl (C=O) groups is 2. The van der Waals surface area contributed by atoms with Gasteiger partial charge in [0.05, 0.1) is 11.3 Å². The number of aromatic nitrogens is 1. The number of nitrogens with one attached hydrogen (secondary N) is 1. The Labute approximate surface area is 191 Å². The number of carbonyl (C=O) groups excluding carboxylic acids is 2. The molecule has 3 aromatic carbocycles. The van der Waals surface area contributed by atoms with Gasteiger partial charge in [-0.3, -0.25) is 9.59 Å². The third-order valence-electron chi connectivity index (χ3n) is 4.88. The lowest BCUT2D eigenvalue weighted by Crippen LogP contribution is -2.12. The molecule has 0 saturated carbocycles. The third-order valence-corrected chi connectivity index (χ3v) is 6.09. The summed E-state index contributed by atoms with van der Waals surface area (Å²) < 4.78 is 38.4. The van der Waals surface area contributed by atoms with Crippen LogP contribution in [-0.2, 0) is 6.18 Å². The predicted molar refractivity (Wildman–Crippen MR) is 122 cm³/mol. The van der Waals surface area contributed by atoms with Crippen LogP contribution in [0.25, 0.3) is 10.6 Å². The van der Waals surface area contributed by atoms with Gasteiger partial charge in [0.2, 0.25) is 0 Å². The van der Waals surface area contributed by atoms with Gasteiger partial charge >= 0.3 is 6.18 Å². The van der Waals surface area contributed by atoms with Crippen molar-refractivity contribution < 1.29 is 22.8 Å². The van der Waals surface area contributed by atoms with E-state index >= 15 is 0 Å². The van der Waals surface area contributed by atoms with Crippen LogP contribution in [0.5, 0.6) is 0 Å². The molecule has 0 radical (unpaired) electrons. The first-order valence-corrected chi connectivity index (χ1v) is 10.7. The number of hydrogen-bond donors (Lipinski definition) is 1. The standard InChI is InChI=1S/C25H17F3N2O2S/c1-15-22(33-24(29-15)17-10-12-19(13-11-17)25(26,27)28)23(32)30-20-9-5-8-18(14-20)21(31)16-6-3-2-4-7-16/h2-14H,1H3,(H,30,32). The number of ketones is 1. The van der Waals surface area contributed by atoms with Gasteiger partial charge in [-0.25, -0.2) is 4.98 Å². The zero-order chi connectivity index (χ0) is 23.6. The topological polar surface area (TPSA) is 59.1 Å². The highest BCUT2D eigenvalue weighted by atomic mass is 32.1. The molecule has 1 aromatic heterocycles. The Bertz CT molecular complexity index is 1310. The number of alkyl halides is 3. The average Bonchev–Trinajstić information content (AvgIpc) is 3.20. The SMILES string of the molecule is Cc1nc(-c2ccc(C(F)(F)F)cc2)sc1C(=O)Nc1cccc(C(=O)c2ccccc2)c1. The van der Waals surface area contributed by atoms with Crippen molar-refractivity contribution in [3.63, 3.8) is 0 Å². The lowest BCUT2D eigenvalue weighted by Gasteiger charge is -2.07. The Kier molecular flexibility index (Phi) is 6.11. The summed E-state index contributed by atoms with van der Waals surface area (Å²) in [5, 5.41) is 3.21. The van der Waals surface area contributed by atoms with Gasteiger partial charge in [-0.2, -0.15) is 13.2 Å². The molecule has 0 saturated heterocycles. The average molecular weight is 466 g/mol. The minimum Gasteiger partial charge on any atom is -0.321 e. The van der Waals surface area contributed by atoms with Crippen LogP contribution in [0.15, 0.2) is 78.9 Å². The van der Waals surface area contributed by atoms with Gasteiger partial charge in [-0.15, -0.1) is 11.3 Å². The van der Waals surface area contributed by atoms with Crippen LogP contribution in [0.1, 0.15) is 36.9 Å². The van der Waals surface area contributed by atoms with E-state index in [0.29, 0.717) is 38.0 Å². The molecule has 0 unspecified atom stereocenters. The molecule has 1 amide bonds. The maximum atomic E-state index is 12.8. The quantitative estimate of drug-likeness (QED) is 0.336. The van der Waals surface area contributed by atoms with E-state index in [1.807, 2.05) is 6.07 Å². The van der Waals surface area contributed by atoms with E-state index in [2.05, 4.69) is 10.3 Å². The molecule has 4 aromatic rings. The highest BCUT2D eigenvalue weighted by Crippen LogP contribution is 2.33. The van der Waals surface area contributed by atoms with E-state index in [4.69, 9.17) is 0 Å². The van der Waals surface area contributed by atoms with Crippen molar-refractivity contribution in [3.05, 3.63) is 106 Å². The molecule has 0 bridgehead atoms. The van der Waals surface area contributed by atoms with Crippen molar-refractivity contribution in [3.8, 4) is 10.6 Å². The molecule has 33 heavy (non-hydrogen) atoms. The predicted octanol–water partition coefficient (Wildman–Crippen LogP) is 6.62. The fourth-order valence-corrected chi connectivity index (χ4v) is 4.18. The summed E-state index contributed by atoms with van der Waals surface area (Å²) in [5.41, 5.74) is 1.63. The first kappa shape index (κ1) is 22.4. The number of halogens is 3. The van der Waals surface area contributed by atoms with Crippen LogP contribution in [0.2, 0.25) is 0 Å². The molecule has 166 valence electrons. The summed E-state index contributed by atoms with van der Waals surface area (Å²) in [5.74, 6) is -0.572. The van der Waals surface area contributed by atoms with Crippen molar-refractivity contribution >= 4 is 28.7 Å². The first-order chi connectivity index (χ1) is 15.7. The highest BCUT2D eigenvalue weighted by Gasteiger charge is 2.30. The molecule has 0 aliphatic heterocycles. The molecule has 0 aliphatic carbocycles. The van der Waals surface area contributed by atoms with E-state index in [-0.39, 0.29) is 5.78 Å². The minimum absolute atomic E-state index is 0.162. The molecule has 0 spiro atoms. The second-order valence-electron chi connectivity index (χ2n) is 7.24. The van der Waals surface area contributed by atoms with Crippen LogP contribution in [0.4, 0.5) is 18.9 Å². The molecule has 4 rings (SSSR count). The maximum Gasteiger partial charge on any atom is 0.416 e. The van der Waals surface area contributed by atoms with Crippen LogP contribution in [0.3, 0.4) is 0 Å². The van der Waals surface area contributed by atoms with Crippen LogP contribution in [0, 0.1) is 6.92 Å². The maximum absolute atomic E-state index is 12.8. The van der Waals surface area contributed by atoms with Crippen molar-refractivity contribution in [2.75, 3.05) is 5.32 Å². The molecule has 0 aliphatic rings. The summed E-state index contributed by atoms with van der Waals surface area (Å²) in [6.07, 6.45) is -4.42. The molecule has 4 nitrogen and oxygen atoms in total. The Morgan fingerprint density at radius 1 is 0.879 bits per heavy atom. The van der Waals surface area contributed by atoms with E-state index in [1.54, 1.807) is 55.5 Å². The molecular formula is C25H17F3N2O2S. The van der Waals surface area contributed by atoms with E-state index in [0.717, 1.165) is 23.5 Å². The van der Waals surface area contributed by atoms with Crippen molar-refractivity contribution in [2.45, 2.75) is 13.1 Å². The number of benzene rings is 3. The van der Waals surface area contributed by atoms with Crippen LogP contribution in [-0.4, -0.2) is 16.7 Å². The molecule has 0 atom stereocenters. The van der Waals surface area contributed by atoms with Crippen LogP contribution < -0.4 is 5.32 Å². The molecule has 1 heterocycles. The first-order valence-electron chi connectivity index (χ1n) is 9.88. The Hall–Kier alpha value is -3.78. The van der Waals surface area contributed by atoms with E-state index < -0.39 is 17.6 Å². The van der Waals surface area contributed by atoms with Gasteiger partial charge in [0.1, 0.15) is 9.88 Å². The fraction of sp³-hybridized carbons (Fsp3) is 0.0800. The summed E-state index contributed by atoms with van der Waals surface area (Å²) in [4.78, 5) is 30.2. The van der Waals surface area contributed by atoms with Crippen molar-refractivity contribution in [2.24, 2.45) is 0 Å². The lowest BCUT2D eigenvalue weighted by molar-refractivity contribution is -0.137.